The van der Waals surface area contributed by atoms with E-state index < -0.39 is 0 Å². The zero-order chi connectivity index (χ0) is 11.8. The molecular weight excluding hydrogens is 240 g/mol. The molecule has 1 aliphatic heterocycles. The van der Waals surface area contributed by atoms with Crippen LogP contribution in [0.5, 0.6) is 0 Å². The van der Waals surface area contributed by atoms with Crippen molar-refractivity contribution in [2.75, 3.05) is 26.8 Å². The quantitative estimate of drug-likeness (QED) is 0.730. The summed E-state index contributed by atoms with van der Waals surface area (Å²) in [5.74, 6) is 0.851. The maximum Gasteiger partial charge on any atom is 0.220 e. The molecule has 0 bridgehead atoms. The van der Waals surface area contributed by atoms with Gasteiger partial charge in [0, 0.05) is 13.5 Å². The SMILES string of the molecule is CCC(COC)NC(=O)CCC1CCNC1.Cl. The summed E-state index contributed by atoms with van der Waals surface area (Å²) < 4.78 is 5.05. The first kappa shape index (κ1) is 16.7. The Morgan fingerprint density at radius 2 is 2.35 bits per heavy atom. The van der Waals surface area contributed by atoms with Crippen LogP contribution in [0, 0.1) is 5.92 Å². The minimum atomic E-state index is 0. The van der Waals surface area contributed by atoms with Gasteiger partial charge in [-0.25, -0.2) is 0 Å². The van der Waals surface area contributed by atoms with Gasteiger partial charge in [-0.2, -0.15) is 0 Å². The molecule has 1 saturated heterocycles. The lowest BCUT2D eigenvalue weighted by molar-refractivity contribution is -0.122. The van der Waals surface area contributed by atoms with Crippen LogP contribution < -0.4 is 10.6 Å². The number of carbonyl (C=O) groups is 1. The van der Waals surface area contributed by atoms with Crippen LogP contribution in [-0.2, 0) is 9.53 Å². The molecule has 0 radical (unpaired) electrons. The Kier molecular flexibility index (Phi) is 9.50. The fourth-order valence-electron chi connectivity index (χ4n) is 2.06. The van der Waals surface area contributed by atoms with Crippen LogP contribution in [0.15, 0.2) is 0 Å². The molecule has 5 heteroatoms. The van der Waals surface area contributed by atoms with Crippen molar-refractivity contribution in [3.8, 4) is 0 Å². The van der Waals surface area contributed by atoms with Gasteiger partial charge in [-0.1, -0.05) is 6.92 Å². The zero-order valence-electron chi connectivity index (χ0n) is 10.8. The molecule has 1 amide bonds. The number of hydrogen-bond donors (Lipinski definition) is 2. The van der Waals surface area contributed by atoms with E-state index in [-0.39, 0.29) is 24.4 Å². The predicted molar refractivity (Wildman–Crippen MR) is 71.6 cm³/mol. The van der Waals surface area contributed by atoms with Crippen molar-refractivity contribution in [3.05, 3.63) is 0 Å². The summed E-state index contributed by atoms with van der Waals surface area (Å²) in [6.45, 7) is 4.84. The second-order valence-electron chi connectivity index (χ2n) is 4.53. The average Bonchev–Trinajstić information content (AvgIpc) is 2.78. The first-order valence-corrected chi connectivity index (χ1v) is 6.25. The molecule has 0 saturated carbocycles. The van der Waals surface area contributed by atoms with Gasteiger partial charge in [0.1, 0.15) is 0 Å². The van der Waals surface area contributed by atoms with E-state index in [1.807, 2.05) is 0 Å². The Morgan fingerprint density at radius 1 is 1.59 bits per heavy atom. The van der Waals surface area contributed by atoms with Gasteiger partial charge in [-0.15, -0.1) is 12.4 Å². The van der Waals surface area contributed by atoms with Crippen molar-refractivity contribution in [2.45, 2.75) is 38.6 Å². The van der Waals surface area contributed by atoms with Crippen LogP contribution >= 0.6 is 12.4 Å². The van der Waals surface area contributed by atoms with Crippen LogP contribution in [0.1, 0.15) is 32.6 Å². The second-order valence-corrected chi connectivity index (χ2v) is 4.53. The highest BCUT2D eigenvalue weighted by molar-refractivity contribution is 5.85. The summed E-state index contributed by atoms with van der Waals surface area (Å²) in [4.78, 5) is 11.7. The lowest BCUT2D eigenvalue weighted by Crippen LogP contribution is -2.37. The Labute approximate surface area is 110 Å². The van der Waals surface area contributed by atoms with Crippen molar-refractivity contribution in [1.29, 1.82) is 0 Å². The smallest absolute Gasteiger partial charge is 0.220 e. The molecule has 0 aromatic rings. The van der Waals surface area contributed by atoms with Gasteiger partial charge in [-0.3, -0.25) is 4.79 Å². The third kappa shape index (κ3) is 6.86. The van der Waals surface area contributed by atoms with Gasteiger partial charge in [-0.05, 0) is 38.3 Å². The Hall–Kier alpha value is -0.320. The normalized spacial score (nSPS) is 20.7. The van der Waals surface area contributed by atoms with Crippen molar-refractivity contribution < 1.29 is 9.53 Å². The molecule has 17 heavy (non-hydrogen) atoms. The van der Waals surface area contributed by atoms with Crippen LogP contribution in [0.2, 0.25) is 0 Å². The molecule has 0 spiro atoms. The van der Waals surface area contributed by atoms with Gasteiger partial charge in [0.15, 0.2) is 0 Å². The molecular formula is C12H25ClN2O2. The van der Waals surface area contributed by atoms with Crippen LogP contribution in [-0.4, -0.2) is 38.8 Å². The molecule has 1 aliphatic rings. The van der Waals surface area contributed by atoms with Crippen LogP contribution in [0.4, 0.5) is 0 Å². The number of amides is 1. The first-order valence-electron chi connectivity index (χ1n) is 6.25. The molecule has 0 aromatic heterocycles. The van der Waals surface area contributed by atoms with Crippen LogP contribution in [0.3, 0.4) is 0 Å². The molecule has 0 aliphatic carbocycles. The summed E-state index contributed by atoms with van der Waals surface area (Å²) >= 11 is 0. The zero-order valence-corrected chi connectivity index (χ0v) is 11.6. The lowest BCUT2D eigenvalue weighted by atomic mass is 10.0. The van der Waals surface area contributed by atoms with E-state index in [0.717, 1.165) is 25.9 Å². The Morgan fingerprint density at radius 3 is 2.88 bits per heavy atom. The van der Waals surface area contributed by atoms with Gasteiger partial charge >= 0.3 is 0 Å². The van der Waals surface area contributed by atoms with E-state index in [9.17, 15) is 4.79 Å². The predicted octanol–water partition coefficient (Wildman–Crippen LogP) is 1.34. The van der Waals surface area contributed by atoms with E-state index in [2.05, 4.69) is 17.6 Å². The molecule has 1 fully saturated rings. The number of ether oxygens (including phenoxy) is 1. The number of carbonyl (C=O) groups excluding carboxylic acids is 1. The summed E-state index contributed by atoms with van der Waals surface area (Å²) in [5.41, 5.74) is 0. The molecule has 0 aromatic carbocycles. The molecule has 2 atom stereocenters. The highest BCUT2D eigenvalue weighted by atomic mass is 35.5. The van der Waals surface area contributed by atoms with E-state index in [4.69, 9.17) is 4.74 Å². The molecule has 1 heterocycles. The summed E-state index contributed by atoms with van der Waals surface area (Å²) in [6, 6.07) is 0.166. The number of halogens is 1. The fourth-order valence-corrected chi connectivity index (χ4v) is 2.06. The highest BCUT2D eigenvalue weighted by Gasteiger charge is 2.16. The average molecular weight is 265 g/mol. The van der Waals surface area contributed by atoms with Crippen molar-refractivity contribution >= 4 is 18.3 Å². The minimum Gasteiger partial charge on any atom is -0.383 e. The lowest BCUT2D eigenvalue weighted by Gasteiger charge is -2.16. The summed E-state index contributed by atoms with van der Waals surface area (Å²) in [5, 5.41) is 6.32. The van der Waals surface area contributed by atoms with E-state index in [0.29, 0.717) is 18.9 Å². The Balaban J connectivity index is 0.00000256. The minimum absolute atomic E-state index is 0. The molecule has 102 valence electrons. The monoisotopic (exact) mass is 264 g/mol. The fraction of sp³-hybridized carbons (Fsp3) is 0.917. The third-order valence-electron chi connectivity index (χ3n) is 3.17. The number of rotatable bonds is 7. The Bertz CT molecular complexity index is 209. The van der Waals surface area contributed by atoms with E-state index in [1.165, 1.54) is 6.42 Å². The van der Waals surface area contributed by atoms with Gasteiger partial charge in [0.2, 0.25) is 5.91 Å². The first-order chi connectivity index (χ1) is 7.76. The number of nitrogens with one attached hydrogen (secondary N) is 2. The second kappa shape index (κ2) is 9.68. The maximum absolute atomic E-state index is 11.7. The van der Waals surface area contributed by atoms with Gasteiger partial charge in [0.25, 0.3) is 0 Å². The molecule has 1 rings (SSSR count). The topological polar surface area (TPSA) is 50.4 Å². The highest BCUT2D eigenvalue weighted by Crippen LogP contribution is 2.14. The maximum atomic E-state index is 11.7. The number of hydrogen-bond acceptors (Lipinski definition) is 3. The molecule has 4 nitrogen and oxygen atoms in total. The van der Waals surface area contributed by atoms with E-state index in [1.54, 1.807) is 7.11 Å². The van der Waals surface area contributed by atoms with Crippen molar-refractivity contribution in [1.82, 2.24) is 10.6 Å². The third-order valence-corrected chi connectivity index (χ3v) is 3.17. The van der Waals surface area contributed by atoms with Crippen molar-refractivity contribution in [2.24, 2.45) is 5.92 Å². The molecule has 2 unspecified atom stereocenters. The number of methoxy groups -OCH3 is 1. The van der Waals surface area contributed by atoms with Crippen LogP contribution in [0.25, 0.3) is 0 Å². The largest absolute Gasteiger partial charge is 0.383 e. The summed E-state index contributed by atoms with van der Waals surface area (Å²) in [7, 11) is 1.67. The summed E-state index contributed by atoms with van der Waals surface area (Å²) in [6.07, 6.45) is 3.78. The standard InChI is InChI=1S/C12H24N2O2.ClH/c1-3-11(9-16-2)14-12(15)5-4-10-6-7-13-8-10;/h10-11,13H,3-9H2,1-2H3,(H,14,15);1H. The van der Waals surface area contributed by atoms with Crippen molar-refractivity contribution in [3.63, 3.8) is 0 Å². The van der Waals surface area contributed by atoms with Gasteiger partial charge in [0.05, 0.1) is 12.6 Å². The van der Waals surface area contributed by atoms with E-state index >= 15 is 0 Å². The molecule has 2 N–H and O–H groups in total. The van der Waals surface area contributed by atoms with Gasteiger partial charge < -0.3 is 15.4 Å².